The average Bonchev–Trinajstić information content (AvgIpc) is 2.25. The van der Waals surface area contributed by atoms with Gasteiger partial charge in [-0.25, -0.2) is 0 Å². The lowest BCUT2D eigenvalue weighted by Gasteiger charge is -2.19. The van der Waals surface area contributed by atoms with Crippen molar-refractivity contribution in [2.24, 2.45) is 5.92 Å². The minimum Gasteiger partial charge on any atom is -0.395 e. The monoisotopic (exact) mass is 208 g/mol. The Hall–Kier alpha value is -0.930. The lowest BCUT2D eigenvalue weighted by atomic mass is 10.1. The number of aromatic nitrogens is 1. The minimum atomic E-state index is 0.196. The molecule has 1 unspecified atom stereocenters. The second-order valence-corrected chi connectivity index (χ2v) is 4.10. The molecule has 0 aromatic carbocycles. The predicted octanol–water partition coefficient (Wildman–Crippen LogP) is 1.23. The van der Waals surface area contributed by atoms with Gasteiger partial charge in [0.15, 0.2) is 0 Å². The first-order valence-electron chi connectivity index (χ1n) is 5.47. The standard InChI is InChI=1S/C12H20N2O/c1-10(2)12(9-15)14-7-5-11-4-3-6-13-8-11/h3-4,6,8,10,12,14-15H,5,7,9H2,1-2H3. The quantitative estimate of drug-likeness (QED) is 0.739. The molecule has 15 heavy (non-hydrogen) atoms. The number of rotatable bonds is 6. The van der Waals surface area contributed by atoms with E-state index in [1.54, 1.807) is 6.20 Å². The van der Waals surface area contributed by atoms with Gasteiger partial charge in [-0.05, 0) is 30.5 Å². The van der Waals surface area contributed by atoms with Gasteiger partial charge in [-0.2, -0.15) is 0 Å². The maximum Gasteiger partial charge on any atom is 0.0587 e. The molecule has 84 valence electrons. The molecule has 0 fully saturated rings. The zero-order valence-electron chi connectivity index (χ0n) is 9.48. The molecule has 0 aliphatic rings. The van der Waals surface area contributed by atoms with Gasteiger partial charge in [-0.15, -0.1) is 0 Å². The average molecular weight is 208 g/mol. The first kappa shape index (κ1) is 12.1. The van der Waals surface area contributed by atoms with Crippen LogP contribution in [0.3, 0.4) is 0 Å². The van der Waals surface area contributed by atoms with Crippen molar-refractivity contribution < 1.29 is 5.11 Å². The number of hydrogen-bond acceptors (Lipinski definition) is 3. The van der Waals surface area contributed by atoms with Crippen LogP contribution in [0.5, 0.6) is 0 Å². The van der Waals surface area contributed by atoms with E-state index in [0.717, 1.165) is 13.0 Å². The summed E-state index contributed by atoms with van der Waals surface area (Å²) in [5.74, 6) is 0.462. The summed E-state index contributed by atoms with van der Waals surface area (Å²) in [6, 6.07) is 4.21. The maximum atomic E-state index is 9.12. The maximum absolute atomic E-state index is 9.12. The smallest absolute Gasteiger partial charge is 0.0587 e. The van der Waals surface area contributed by atoms with Crippen molar-refractivity contribution in [2.75, 3.05) is 13.2 Å². The van der Waals surface area contributed by atoms with E-state index in [2.05, 4.69) is 30.2 Å². The van der Waals surface area contributed by atoms with E-state index in [0.29, 0.717) is 5.92 Å². The molecule has 1 aromatic rings. The first-order valence-corrected chi connectivity index (χ1v) is 5.47. The van der Waals surface area contributed by atoms with Gasteiger partial charge in [-0.1, -0.05) is 19.9 Å². The molecule has 0 saturated carbocycles. The third kappa shape index (κ3) is 4.40. The third-order valence-electron chi connectivity index (χ3n) is 2.54. The van der Waals surface area contributed by atoms with Crippen molar-refractivity contribution in [1.29, 1.82) is 0 Å². The highest BCUT2D eigenvalue weighted by molar-refractivity contribution is 5.08. The Morgan fingerprint density at radius 1 is 1.47 bits per heavy atom. The number of nitrogens with one attached hydrogen (secondary N) is 1. The molecule has 2 N–H and O–H groups in total. The van der Waals surface area contributed by atoms with E-state index >= 15 is 0 Å². The van der Waals surface area contributed by atoms with Gasteiger partial charge in [0.2, 0.25) is 0 Å². The third-order valence-corrected chi connectivity index (χ3v) is 2.54. The molecular formula is C12H20N2O. The molecule has 0 bridgehead atoms. The van der Waals surface area contributed by atoms with Gasteiger partial charge in [0.05, 0.1) is 6.61 Å². The zero-order chi connectivity index (χ0) is 11.1. The summed E-state index contributed by atoms with van der Waals surface area (Å²) in [5, 5.41) is 12.5. The van der Waals surface area contributed by atoms with Crippen LogP contribution in [0, 0.1) is 5.92 Å². The van der Waals surface area contributed by atoms with E-state index < -0.39 is 0 Å². The summed E-state index contributed by atoms with van der Waals surface area (Å²) in [6.07, 6.45) is 4.61. The van der Waals surface area contributed by atoms with E-state index in [1.807, 2.05) is 12.3 Å². The van der Waals surface area contributed by atoms with Gasteiger partial charge in [0.1, 0.15) is 0 Å². The summed E-state index contributed by atoms with van der Waals surface area (Å²) in [6.45, 7) is 5.30. The molecule has 1 rings (SSSR count). The molecule has 3 nitrogen and oxygen atoms in total. The number of aliphatic hydroxyl groups is 1. The largest absolute Gasteiger partial charge is 0.395 e. The molecule has 0 radical (unpaired) electrons. The van der Waals surface area contributed by atoms with Crippen molar-refractivity contribution in [3.8, 4) is 0 Å². The minimum absolute atomic E-state index is 0.196. The van der Waals surface area contributed by atoms with E-state index in [9.17, 15) is 0 Å². The zero-order valence-corrected chi connectivity index (χ0v) is 9.48. The number of hydrogen-bond donors (Lipinski definition) is 2. The van der Waals surface area contributed by atoms with Crippen molar-refractivity contribution in [3.63, 3.8) is 0 Å². The summed E-state index contributed by atoms with van der Waals surface area (Å²) in [5.41, 5.74) is 1.23. The van der Waals surface area contributed by atoms with Gasteiger partial charge < -0.3 is 10.4 Å². The van der Waals surface area contributed by atoms with Crippen LogP contribution in [0.1, 0.15) is 19.4 Å². The van der Waals surface area contributed by atoms with Crippen molar-refractivity contribution in [1.82, 2.24) is 10.3 Å². The SMILES string of the molecule is CC(C)C(CO)NCCc1cccnc1. The molecule has 0 aliphatic carbocycles. The molecule has 0 saturated heterocycles. The van der Waals surface area contributed by atoms with Gasteiger partial charge >= 0.3 is 0 Å². The van der Waals surface area contributed by atoms with Crippen LogP contribution in [0.4, 0.5) is 0 Å². The number of nitrogens with zero attached hydrogens (tertiary/aromatic N) is 1. The van der Waals surface area contributed by atoms with Crippen LogP contribution >= 0.6 is 0 Å². The van der Waals surface area contributed by atoms with Crippen molar-refractivity contribution in [3.05, 3.63) is 30.1 Å². The molecule has 3 heteroatoms. The van der Waals surface area contributed by atoms with Crippen molar-refractivity contribution >= 4 is 0 Å². The lowest BCUT2D eigenvalue weighted by Crippen LogP contribution is -2.38. The summed E-state index contributed by atoms with van der Waals surface area (Å²) >= 11 is 0. The van der Waals surface area contributed by atoms with Gasteiger partial charge in [0, 0.05) is 18.4 Å². The van der Waals surface area contributed by atoms with Crippen molar-refractivity contribution in [2.45, 2.75) is 26.3 Å². The first-order chi connectivity index (χ1) is 7.24. The molecule has 0 amide bonds. The Bertz CT molecular complexity index is 262. The fraction of sp³-hybridized carbons (Fsp3) is 0.583. The fourth-order valence-electron chi connectivity index (χ4n) is 1.46. The van der Waals surface area contributed by atoms with Crippen LogP contribution in [0.2, 0.25) is 0 Å². The Morgan fingerprint density at radius 3 is 2.80 bits per heavy atom. The molecule has 1 atom stereocenters. The molecule has 1 aromatic heterocycles. The van der Waals surface area contributed by atoms with Crippen LogP contribution in [-0.2, 0) is 6.42 Å². The van der Waals surface area contributed by atoms with E-state index in [4.69, 9.17) is 5.11 Å². The second-order valence-electron chi connectivity index (χ2n) is 4.10. The number of aliphatic hydroxyl groups excluding tert-OH is 1. The number of pyridine rings is 1. The second kappa shape index (κ2) is 6.53. The molecule has 0 spiro atoms. The normalized spacial score (nSPS) is 13.1. The highest BCUT2D eigenvalue weighted by atomic mass is 16.3. The Labute approximate surface area is 91.5 Å². The Kier molecular flexibility index (Phi) is 5.29. The predicted molar refractivity (Wildman–Crippen MR) is 61.7 cm³/mol. The summed E-state index contributed by atoms with van der Waals surface area (Å²) in [4.78, 5) is 4.06. The Morgan fingerprint density at radius 2 is 2.27 bits per heavy atom. The highest BCUT2D eigenvalue weighted by Gasteiger charge is 2.10. The van der Waals surface area contributed by atoms with Crippen LogP contribution in [0.15, 0.2) is 24.5 Å². The van der Waals surface area contributed by atoms with Crippen LogP contribution < -0.4 is 5.32 Å². The van der Waals surface area contributed by atoms with E-state index in [1.165, 1.54) is 5.56 Å². The fourth-order valence-corrected chi connectivity index (χ4v) is 1.46. The van der Waals surface area contributed by atoms with Gasteiger partial charge in [-0.3, -0.25) is 4.98 Å². The van der Waals surface area contributed by atoms with Crippen LogP contribution in [-0.4, -0.2) is 29.3 Å². The lowest BCUT2D eigenvalue weighted by molar-refractivity contribution is 0.212. The van der Waals surface area contributed by atoms with E-state index in [-0.39, 0.29) is 12.6 Å². The molecule has 1 heterocycles. The topological polar surface area (TPSA) is 45.1 Å². The van der Waals surface area contributed by atoms with Crippen LogP contribution in [0.25, 0.3) is 0 Å². The molecule has 0 aliphatic heterocycles. The summed E-state index contributed by atoms with van der Waals surface area (Å²) in [7, 11) is 0. The Balaban J connectivity index is 2.27. The van der Waals surface area contributed by atoms with Gasteiger partial charge in [0.25, 0.3) is 0 Å². The highest BCUT2D eigenvalue weighted by Crippen LogP contribution is 2.01. The molecular weight excluding hydrogens is 188 g/mol. The summed E-state index contributed by atoms with van der Waals surface area (Å²) < 4.78 is 0.